The molecule has 3 rings (SSSR count). The zero-order valence-corrected chi connectivity index (χ0v) is 10.9. The molecule has 0 radical (unpaired) electrons. The number of carbonyl (C=O) groups excluding carboxylic acids is 1. The molecule has 1 N–H and O–H groups in total. The molecule has 0 atom stereocenters. The Morgan fingerprint density at radius 1 is 1.53 bits per heavy atom. The quantitative estimate of drug-likeness (QED) is 0.898. The lowest BCUT2D eigenvalue weighted by molar-refractivity contribution is -0.141. The molecule has 5 nitrogen and oxygen atoms in total. The highest BCUT2D eigenvalue weighted by Gasteiger charge is 2.30. The fourth-order valence-electron chi connectivity index (χ4n) is 2.59. The van der Waals surface area contributed by atoms with Crippen molar-refractivity contribution in [3.63, 3.8) is 0 Å². The normalized spacial score (nSPS) is 15.7. The predicted octanol–water partition coefficient (Wildman–Crippen LogP) is 1.21. The smallest absolute Gasteiger partial charge is 0.248 e. The fraction of sp³-hybridized carbons (Fsp3) is 0.429. The Bertz CT molecular complexity index is 587. The summed E-state index contributed by atoms with van der Waals surface area (Å²) in [6, 6.07) is 4.06. The molecule has 2 aromatic heterocycles. The summed E-state index contributed by atoms with van der Waals surface area (Å²) in [6.07, 6.45) is 4.69. The van der Waals surface area contributed by atoms with Crippen LogP contribution in [0, 0.1) is 5.92 Å². The van der Waals surface area contributed by atoms with Gasteiger partial charge in [0.25, 0.3) is 0 Å². The van der Waals surface area contributed by atoms with E-state index in [-0.39, 0.29) is 12.5 Å². The van der Waals surface area contributed by atoms with E-state index in [1.54, 1.807) is 7.11 Å². The van der Waals surface area contributed by atoms with Gasteiger partial charge in [-0.25, -0.2) is 0 Å². The SMILES string of the molecule is COCC(=O)N1CC(Cc2nccc3cc[nH]c23)C1. The van der Waals surface area contributed by atoms with Gasteiger partial charge in [0.15, 0.2) is 0 Å². The van der Waals surface area contributed by atoms with Crippen LogP contribution in [0.4, 0.5) is 0 Å². The number of aromatic nitrogens is 2. The van der Waals surface area contributed by atoms with E-state index in [1.807, 2.05) is 23.4 Å². The molecule has 1 aliphatic rings. The Morgan fingerprint density at radius 3 is 3.16 bits per heavy atom. The first-order valence-corrected chi connectivity index (χ1v) is 6.45. The number of likely N-dealkylation sites (tertiary alicyclic amines) is 1. The van der Waals surface area contributed by atoms with Gasteiger partial charge in [-0.3, -0.25) is 9.78 Å². The van der Waals surface area contributed by atoms with Gasteiger partial charge >= 0.3 is 0 Å². The van der Waals surface area contributed by atoms with Crippen molar-refractivity contribution in [1.29, 1.82) is 0 Å². The van der Waals surface area contributed by atoms with Crippen molar-refractivity contribution >= 4 is 16.8 Å². The molecule has 1 saturated heterocycles. The van der Waals surface area contributed by atoms with Crippen LogP contribution in [-0.4, -0.2) is 47.6 Å². The molecule has 0 aromatic carbocycles. The number of nitrogens with one attached hydrogen (secondary N) is 1. The Balaban J connectivity index is 1.62. The Kier molecular flexibility index (Phi) is 3.21. The van der Waals surface area contributed by atoms with Crippen LogP contribution in [-0.2, 0) is 16.0 Å². The van der Waals surface area contributed by atoms with Gasteiger partial charge in [0.2, 0.25) is 5.91 Å². The van der Waals surface area contributed by atoms with Crippen LogP contribution in [0.1, 0.15) is 5.69 Å². The van der Waals surface area contributed by atoms with Crippen LogP contribution < -0.4 is 0 Å². The summed E-state index contributed by atoms with van der Waals surface area (Å²) < 4.78 is 4.85. The predicted molar refractivity (Wildman–Crippen MR) is 71.7 cm³/mol. The number of aromatic amines is 1. The highest BCUT2D eigenvalue weighted by molar-refractivity contribution is 5.81. The van der Waals surface area contributed by atoms with Crippen LogP contribution in [0.5, 0.6) is 0 Å². The van der Waals surface area contributed by atoms with E-state index >= 15 is 0 Å². The van der Waals surface area contributed by atoms with Gasteiger partial charge < -0.3 is 14.6 Å². The third kappa shape index (κ3) is 2.33. The first-order valence-electron chi connectivity index (χ1n) is 6.45. The molecule has 0 aliphatic carbocycles. The Labute approximate surface area is 111 Å². The van der Waals surface area contributed by atoms with E-state index in [0.29, 0.717) is 5.92 Å². The first kappa shape index (κ1) is 12.2. The van der Waals surface area contributed by atoms with E-state index in [9.17, 15) is 4.79 Å². The minimum Gasteiger partial charge on any atom is -0.375 e. The first-order chi connectivity index (χ1) is 9.28. The van der Waals surface area contributed by atoms with E-state index in [0.717, 1.165) is 30.7 Å². The molecule has 0 saturated carbocycles. The number of amides is 1. The highest BCUT2D eigenvalue weighted by atomic mass is 16.5. The van der Waals surface area contributed by atoms with E-state index < -0.39 is 0 Å². The summed E-state index contributed by atoms with van der Waals surface area (Å²) in [7, 11) is 1.55. The maximum absolute atomic E-state index is 11.6. The standard InChI is InChI=1S/C14H17N3O2/c1-19-9-13(18)17-7-10(8-17)6-12-14-11(2-4-15-12)3-5-16-14/h2-5,10,16H,6-9H2,1H3. The summed E-state index contributed by atoms with van der Waals surface area (Å²) in [5, 5.41) is 1.19. The van der Waals surface area contributed by atoms with Gasteiger partial charge in [0, 0.05) is 38.0 Å². The number of ether oxygens (including phenoxy) is 1. The molecule has 1 amide bonds. The summed E-state index contributed by atoms with van der Waals surface area (Å²) in [5.74, 6) is 0.576. The minimum atomic E-state index is 0.0739. The van der Waals surface area contributed by atoms with Crippen LogP contribution in [0.3, 0.4) is 0 Å². The summed E-state index contributed by atoms with van der Waals surface area (Å²) in [4.78, 5) is 21.1. The number of pyridine rings is 1. The maximum Gasteiger partial charge on any atom is 0.248 e. The summed E-state index contributed by atoms with van der Waals surface area (Å²) in [5.41, 5.74) is 2.20. The molecule has 5 heteroatoms. The van der Waals surface area contributed by atoms with Gasteiger partial charge in [-0.2, -0.15) is 0 Å². The second kappa shape index (κ2) is 5.01. The highest BCUT2D eigenvalue weighted by Crippen LogP contribution is 2.23. The molecule has 0 spiro atoms. The lowest BCUT2D eigenvalue weighted by Gasteiger charge is -2.39. The van der Waals surface area contributed by atoms with Crippen molar-refractivity contribution in [1.82, 2.24) is 14.9 Å². The summed E-state index contributed by atoms with van der Waals surface area (Å²) >= 11 is 0. The maximum atomic E-state index is 11.6. The van der Waals surface area contributed by atoms with Crippen molar-refractivity contribution in [2.75, 3.05) is 26.8 Å². The van der Waals surface area contributed by atoms with Crippen molar-refractivity contribution in [2.24, 2.45) is 5.92 Å². The molecule has 2 aromatic rings. The molecule has 19 heavy (non-hydrogen) atoms. The third-order valence-electron chi connectivity index (χ3n) is 3.61. The molecule has 0 bridgehead atoms. The van der Waals surface area contributed by atoms with E-state index in [2.05, 4.69) is 16.0 Å². The van der Waals surface area contributed by atoms with Crippen LogP contribution in [0.2, 0.25) is 0 Å². The fourth-order valence-corrected chi connectivity index (χ4v) is 2.59. The van der Waals surface area contributed by atoms with Gasteiger partial charge in [-0.1, -0.05) is 0 Å². The van der Waals surface area contributed by atoms with Gasteiger partial charge in [0.05, 0.1) is 11.2 Å². The lowest BCUT2D eigenvalue weighted by Crippen LogP contribution is -2.51. The number of methoxy groups -OCH3 is 1. The second-order valence-electron chi connectivity index (χ2n) is 5.00. The summed E-state index contributed by atoms with van der Waals surface area (Å²) in [6.45, 7) is 1.79. The third-order valence-corrected chi connectivity index (χ3v) is 3.61. The topological polar surface area (TPSA) is 58.2 Å². The van der Waals surface area contributed by atoms with Crippen molar-refractivity contribution in [3.05, 3.63) is 30.2 Å². The number of H-pyrrole nitrogens is 1. The van der Waals surface area contributed by atoms with Crippen molar-refractivity contribution in [2.45, 2.75) is 6.42 Å². The van der Waals surface area contributed by atoms with Crippen molar-refractivity contribution in [3.8, 4) is 0 Å². The average Bonchev–Trinajstić information content (AvgIpc) is 2.82. The number of fused-ring (bicyclic) bond motifs is 1. The zero-order valence-electron chi connectivity index (χ0n) is 10.9. The van der Waals surface area contributed by atoms with Gasteiger partial charge in [-0.15, -0.1) is 0 Å². The lowest BCUT2D eigenvalue weighted by atomic mass is 9.94. The molecular formula is C14H17N3O2. The molecule has 1 fully saturated rings. The average molecular weight is 259 g/mol. The Morgan fingerprint density at radius 2 is 2.37 bits per heavy atom. The van der Waals surface area contributed by atoms with Gasteiger partial charge in [-0.05, 0) is 24.5 Å². The molecule has 1 aliphatic heterocycles. The number of nitrogens with zero attached hydrogens (tertiary/aromatic N) is 2. The van der Waals surface area contributed by atoms with Crippen LogP contribution >= 0.6 is 0 Å². The van der Waals surface area contributed by atoms with Crippen molar-refractivity contribution < 1.29 is 9.53 Å². The minimum absolute atomic E-state index is 0.0739. The molecule has 3 heterocycles. The molecule has 100 valence electrons. The van der Waals surface area contributed by atoms with Crippen LogP contribution in [0.15, 0.2) is 24.5 Å². The van der Waals surface area contributed by atoms with Gasteiger partial charge in [0.1, 0.15) is 6.61 Å². The largest absolute Gasteiger partial charge is 0.375 e. The van der Waals surface area contributed by atoms with E-state index in [4.69, 9.17) is 4.74 Å². The van der Waals surface area contributed by atoms with Crippen LogP contribution in [0.25, 0.3) is 10.9 Å². The zero-order chi connectivity index (χ0) is 13.2. The number of rotatable bonds is 4. The second-order valence-corrected chi connectivity index (χ2v) is 5.00. The molecular weight excluding hydrogens is 242 g/mol. The monoisotopic (exact) mass is 259 g/mol. The number of hydrogen-bond donors (Lipinski definition) is 1. The van der Waals surface area contributed by atoms with E-state index in [1.165, 1.54) is 5.39 Å². The number of hydrogen-bond acceptors (Lipinski definition) is 3. The number of carbonyl (C=O) groups is 1. The Hall–Kier alpha value is -1.88. The molecule has 0 unspecified atom stereocenters.